The van der Waals surface area contributed by atoms with Gasteiger partial charge in [0.15, 0.2) is 0 Å². The average Bonchev–Trinajstić information content (AvgIpc) is 3.72. The Morgan fingerprint density at radius 3 is 1.84 bits per heavy atom. The summed E-state index contributed by atoms with van der Waals surface area (Å²) in [5.41, 5.74) is 11.8. The van der Waals surface area contributed by atoms with Crippen molar-refractivity contribution in [1.29, 1.82) is 0 Å². The molecule has 1 atom stereocenters. The van der Waals surface area contributed by atoms with E-state index in [9.17, 15) is 0 Å². The minimum atomic E-state index is 0.0452. The average molecular weight is 627 g/mol. The Morgan fingerprint density at radius 2 is 1.00 bits per heavy atom. The zero-order valence-corrected chi connectivity index (χ0v) is 26.6. The van der Waals surface area contributed by atoms with Gasteiger partial charge in [0.25, 0.3) is 0 Å². The fraction of sp³-hybridized carbons (Fsp3) is 0.0213. The van der Waals surface area contributed by atoms with Crippen LogP contribution in [0.3, 0.4) is 0 Å². The minimum Gasteiger partial charge on any atom is -0.456 e. The van der Waals surface area contributed by atoms with E-state index in [1.807, 2.05) is 12.1 Å². The number of benzene rings is 8. The van der Waals surface area contributed by atoms with Crippen molar-refractivity contribution in [3.05, 3.63) is 193 Å². The second kappa shape index (κ2) is 11.1. The molecule has 2 heterocycles. The van der Waals surface area contributed by atoms with Crippen molar-refractivity contribution >= 4 is 54.6 Å². The molecule has 0 radical (unpaired) electrons. The minimum absolute atomic E-state index is 0.0452. The van der Waals surface area contributed by atoms with E-state index in [1.54, 1.807) is 0 Å². The number of rotatable bonds is 5. The summed E-state index contributed by atoms with van der Waals surface area (Å²) in [5.74, 6) is 0.0452. The standard InChI is InChI=1S/C47H30O2/c1-3-11-30(12-4-1)32-19-22-34(23-20-32)44(33-14-5-2-6-15-33)37-25-26-38-40-29-43-46(39-17-9-10-18-41(39)48-43)45(47(40)49-42(38)28-37)36-24-21-31-13-7-8-16-35(31)27-36/h1-29,44H. The molecule has 0 aliphatic heterocycles. The van der Waals surface area contributed by atoms with Gasteiger partial charge in [0.2, 0.25) is 0 Å². The molecule has 2 aromatic heterocycles. The van der Waals surface area contributed by atoms with Crippen LogP contribution >= 0.6 is 0 Å². The summed E-state index contributed by atoms with van der Waals surface area (Å²) < 4.78 is 13.5. The molecule has 1 unspecified atom stereocenters. The van der Waals surface area contributed by atoms with E-state index >= 15 is 0 Å². The van der Waals surface area contributed by atoms with E-state index in [0.29, 0.717) is 0 Å². The second-order valence-corrected chi connectivity index (χ2v) is 12.9. The Bertz CT molecular complexity index is 2800. The van der Waals surface area contributed by atoms with Gasteiger partial charge >= 0.3 is 0 Å². The second-order valence-electron chi connectivity index (χ2n) is 12.9. The van der Waals surface area contributed by atoms with Crippen molar-refractivity contribution in [3.8, 4) is 22.3 Å². The molecule has 0 aliphatic rings. The summed E-state index contributed by atoms with van der Waals surface area (Å²) in [5, 5.41) is 6.71. The quantitative estimate of drug-likeness (QED) is 0.178. The molecular formula is C47H30O2. The van der Waals surface area contributed by atoms with Crippen LogP contribution in [-0.4, -0.2) is 0 Å². The van der Waals surface area contributed by atoms with Crippen LogP contribution < -0.4 is 0 Å². The van der Waals surface area contributed by atoms with Crippen molar-refractivity contribution in [3.63, 3.8) is 0 Å². The molecule has 10 rings (SSSR count). The smallest absolute Gasteiger partial charge is 0.144 e. The van der Waals surface area contributed by atoms with E-state index < -0.39 is 0 Å². The third kappa shape index (κ3) is 4.57. The molecule has 0 saturated carbocycles. The first kappa shape index (κ1) is 27.7. The Kier molecular flexibility index (Phi) is 6.28. The summed E-state index contributed by atoms with van der Waals surface area (Å²) in [4.78, 5) is 0. The van der Waals surface area contributed by atoms with E-state index in [-0.39, 0.29) is 5.92 Å². The van der Waals surface area contributed by atoms with Crippen molar-refractivity contribution in [1.82, 2.24) is 0 Å². The molecule has 0 amide bonds. The molecule has 10 aromatic rings. The van der Waals surface area contributed by atoms with Gasteiger partial charge in [-0.25, -0.2) is 0 Å². The van der Waals surface area contributed by atoms with Crippen molar-refractivity contribution < 1.29 is 8.83 Å². The van der Waals surface area contributed by atoms with Gasteiger partial charge in [0.05, 0.1) is 0 Å². The fourth-order valence-electron chi connectivity index (χ4n) is 7.65. The first-order valence-electron chi connectivity index (χ1n) is 16.8. The third-order valence-corrected chi connectivity index (χ3v) is 9.98. The van der Waals surface area contributed by atoms with Crippen LogP contribution in [0.15, 0.2) is 185 Å². The topological polar surface area (TPSA) is 26.3 Å². The van der Waals surface area contributed by atoms with Crippen molar-refractivity contribution in [2.75, 3.05) is 0 Å². The SMILES string of the molecule is c1ccc(-c2ccc(C(c3ccccc3)c3ccc4c(c3)oc3c(-c5ccc6ccccc6c5)c5c(cc34)oc3ccccc35)cc2)cc1. The lowest BCUT2D eigenvalue weighted by molar-refractivity contribution is 0.664. The highest BCUT2D eigenvalue weighted by Crippen LogP contribution is 2.46. The van der Waals surface area contributed by atoms with Gasteiger partial charge in [-0.3, -0.25) is 0 Å². The molecule has 0 spiro atoms. The third-order valence-electron chi connectivity index (χ3n) is 9.98. The monoisotopic (exact) mass is 626 g/mol. The maximum atomic E-state index is 6.97. The van der Waals surface area contributed by atoms with E-state index in [4.69, 9.17) is 8.83 Å². The highest BCUT2D eigenvalue weighted by atomic mass is 16.3. The van der Waals surface area contributed by atoms with Crippen LogP contribution in [0, 0.1) is 0 Å². The summed E-state index contributed by atoms with van der Waals surface area (Å²) >= 11 is 0. The zero-order valence-electron chi connectivity index (χ0n) is 26.6. The fourth-order valence-corrected chi connectivity index (χ4v) is 7.65. The number of hydrogen-bond donors (Lipinski definition) is 0. The molecular weight excluding hydrogens is 597 g/mol. The first-order chi connectivity index (χ1) is 24.3. The molecule has 2 heteroatoms. The maximum Gasteiger partial charge on any atom is 0.144 e. The Labute approximate surface area is 283 Å². The molecule has 49 heavy (non-hydrogen) atoms. The highest BCUT2D eigenvalue weighted by molar-refractivity contribution is 6.23. The lowest BCUT2D eigenvalue weighted by Crippen LogP contribution is -2.03. The molecule has 0 saturated heterocycles. The highest BCUT2D eigenvalue weighted by Gasteiger charge is 2.23. The predicted octanol–water partition coefficient (Wildman–Crippen LogP) is 13.2. The molecule has 0 N–H and O–H groups in total. The van der Waals surface area contributed by atoms with E-state index in [1.165, 1.54) is 38.6 Å². The summed E-state index contributed by atoms with van der Waals surface area (Å²) in [6, 6.07) is 62.7. The first-order valence-corrected chi connectivity index (χ1v) is 16.8. The summed E-state index contributed by atoms with van der Waals surface area (Å²) in [6.45, 7) is 0. The molecule has 0 aliphatic carbocycles. The normalized spacial score (nSPS) is 12.4. The lowest BCUT2D eigenvalue weighted by Gasteiger charge is -2.19. The molecule has 230 valence electrons. The van der Waals surface area contributed by atoms with Gasteiger partial charge in [-0.05, 0) is 68.4 Å². The lowest BCUT2D eigenvalue weighted by atomic mass is 9.84. The van der Waals surface area contributed by atoms with Gasteiger partial charge in [-0.2, -0.15) is 0 Å². The number of hydrogen-bond acceptors (Lipinski definition) is 2. The Hall–Kier alpha value is -6.38. The van der Waals surface area contributed by atoms with Crippen LogP contribution in [0.25, 0.3) is 76.9 Å². The number of fused-ring (bicyclic) bond motifs is 7. The van der Waals surface area contributed by atoms with Gasteiger partial charge in [0.1, 0.15) is 22.3 Å². The van der Waals surface area contributed by atoms with E-state index in [2.05, 4.69) is 164 Å². The van der Waals surface area contributed by atoms with Gasteiger partial charge < -0.3 is 8.83 Å². The summed E-state index contributed by atoms with van der Waals surface area (Å²) in [6.07, 6.45) is 0. The predicted molar refractivity (Wildman–Crippen MR) is 203 cm³/mol. The number of furan rings is 2. The van der Waals surface area contributed by atoms with Crippen LogP contribution in [0.5, 0.6) is 0 Å². The maximum absolute atomic E-state index is 6.97. The van der Waals surface area contributed by atoms with Crippen LogP contribution in [-0.2, 0) is 0 Å². The molecule has 0 bridgehead atoms. The number of para-hydroxylation sites is 1. The van der Waals surface area contributed by atoms with Gasteiger partial charge in [0, 0.05) is 33.0 Å². The Balaban J connectivity index is 1.19. The zero-order chi connectivity index (χ0) is 32.3. The molecule has 2 nitrogen and oxygen atoms in total. The molecule has 8 aromatic carbocycles. The largest absolute Gasteiger partial charge is 0.456 e. The van der Waals surface area contributed by atoms with Crippen LogP contribution in [0.1, 0.15) is 22.6 Å². The van der Waals surface area contributed by atoms with Gasteiger partial charge in [-0.15, -0.1) is 0 Å². The molecule has 0 fully saturated rings. The Morgan fingerprint density at radius 1 is 0.347 bits per heavy atom. The van der Waals surface area contributed by atoms with E-state index in [0.717, 1.165) is 55.0 Å². The van der Waals surface area contributed by atoms with Crippen molar-refractivity contribution in [2.45, 2.75) is 5.92 Å². The van der Waals surface area contributed by atoms with Crippen LogP contribution in [0.2, 0.25) is 0 Å². The van der Waals surface area contributed by atoms with Gasteiger partial charge in [-0.1, -0.05) is 152 Å². The van der Waals surface area contributed by atoms with Crippen LogP contribution in [0.4, 0.5) is 0 Å². The van der Waals surface area contributed by atoms with Crippen molar-refractivity contribution in [2.24, 2.45) is 0 Å². The summed E-state index contributed by atoms with van der Waals surface area (Å²) in [7, 11) is 0.